The molecule has 3 rings (SSSR count). The van der Waals surface area contributed by atoms with Crippen molar-refractivity contribution >= 4 is 66.8 Å². The number of amides is 2. The smallest absolute Gasteiger partial charge is 0.344 e. The Morgan fingerprint density at radius 3 is 2.50 bits per heavy atom. The number of carbonyl (C=O) groups excluding carboxylic acids is 3. The highest BCUT2D eigenvalue weighted by molar-refractivity contribution is 9.10. The Hall–Kier alpha value is -2.10. The molecule has 0 bridgehead atoms. The molecule has 6 nitrogen and oxygen atoms in total. The van der Waals surface area contributed by atoms with Crippen molar-refractivity contribution in [2.45, 2.75) is 13.5 Å². The number of hydrogen-bond acceptors (Lipinski definition) is 6. The summed E-state index contributed by atoms with van der Waals surface area (Å²) in [5.74, 6) is -0.448. The van der Waals surface area contributed by atoms with E-state index in [1.807, 2.05) is 24.3 Å². The average molecular weight is 555 g/mol. The molecular formula is C21H17Br2NO5S. The molecule has 0 unspecified atom stereocenters. The van der Waals surface area contributed by atoms with E-state index in [9.17, 15) is 14.4 Å². The van der Waals surface area contributed by atoms with Crippen LogP contribution in [0.25, 0.3) is 6.08 Å². The first-order valence-electron chi connectivity index (χ1n) is 8.95. The number of benzene rings is 2. The number of esters is 1. The van der Waals surface area contributed by atoms with Gasteiger partial charge in [-0.2, -0.15) is 0 Å². The van der Waals surface area contributed by atoms with Crippen molar-refractivity contribution in [2.24, 2.45) is 0 Å². The van der Waals surface area contributed by atoms with Crippen LogP contribution in [-0.4, -0.2) is 35.2 Å². The lowest BCUT2D eigenvalue weighted by molar-refractivity contribution is -0.145. The Morgan fingerprint density at radius 1 is 1.10 bits per heavy atom. The molecule has 156 valence electrons. The molecule has 0 N–H and O–H groups in total. The van der Waals surface area contributed by atoms with Crippen molar-refractivity contribution in [2.75, 3.05) is 13.2 Å². The standard InChI is InChI=1S/C21H17Br2NO5S/c1-2-28-19(25)12-29-17-8-7-16(23)9-14(17)10-18-20(26)24(21(27)30-18)11-13-3-5-15(22)6-4-13/h3-10H,2,11-12H2,1H3/b18-10+. The summed E-state index contributed by atoms with van der Waals surface area (Å²) in [6.07, 6.45) is 1.59. The number of thioether (sulfide) groups is 1. The number of ether oxygens (including phenoxy) is 2. The van der Waals surface area contributed by atoms with E-state index in [-0.39, 0.29) is 35.8 Å². The molecule has 1 saturated heterocycles. The molecule has 0 atom stereocenters. The molecule has 30 heavy (non-hydrogen) atoms. The maximum atomic E-state index is 12.8. The molecule has 1 aliphatic rings. The fraction of sp³-hybridized carbons (Fsp3) is 0.190. The van der Waals surface area contributed by atoms with Gasteiger partial charge in [-0.25, -0.2) is 4.79 Å². The highest BCUT2D eigenvalue weighted by Crippen LogP contribution is 2.35. The predicted octanol–water partition coefficient (Wildman–Crippen LogP) is 5.39. The molecule has 0 aliphatic carbocycles. The molecular weight excluding hydrogens is 538 g/mol. The molecule has 9 heteroatoms. The van der Waals surface area contributed by atoms with Gasteiger partial charge in [0, 0.05) is 14.5 Å². The van der Waals surface area contributed by atoms with E-state index in [1.165, 1.54) is 4.90 Å². The van der Waals surface area contributed by atoms with Crippen molar-refractivity contribution < 1.29 is 23.9 Å². The van der Waals surface area contributed by atoms with Gasteiger partial charge in [-0.05, 0) is 60.7 Å². The maximum absolute atomic E-state index is 12.8. The van der Waals surface area contributed by atoms with E-state index in [0.29, 0.717) is 11.3 Å². The first kappa shape index (κ1) is 22.6. The van der Waals surface area contributed by atoms with Crippen LogP contribution < -0.4 is 4.74 Å². The van der Waals surface area contributed by atoms with E-state index in [0.717, 1.165) is 26.3 Å². The van der Waals surface area contributed by atoms with Crippen molar-refractivity contribution in [3.63, 3.8) is 0 Å². The minimum atomic E-state index is -0.485. The number of imide groups is 1. The topological polar surface area (TPSA) is 72.9 Å². The second-order valence-electron chi connectivity index (χ2n) is 6.17. The zero-order valence-corrected chi connectivity index (χ0v) is 19.9. The van der Waals surface area contributed by atoms with Crippen LogP contribution in [-0.2, 0) is 20.9 Å². The van der Waals surface area contributed by atoms with Gasteiger partial charge in [-0.1, -0.05) is 44.0 Å². The van der Waals surface area contributed by atoms with Gasteiger partial charge in [0.2, 0.25) is 0 Å². The normalized spacial score (nSPS) is 15.0. The second kappa shape index (κ2) is 10.3. The van der Waals surface area contributed by atoms with Crippen molar-refractivity contribution in [1.82, 2.24) is 4.90 Å². The number of rotatable bonds is 7. The quantitative estimate of drug-likeness (QED) is 0.337. The predicted molar refractivity (Wildman–Crippen MR) is 122 cm³/mol. The van der Waals surface area contributed by atoms with Gasteiger partial charge in [0.15, 0.2) is 6.61 Å². The minimum absolute atomic E-state index is 0.194. The summed E-state index contributed by atoms with van der Waals surface area (Å²) in [6.45, 7) is 1.93. The van der Waals surface area contributed by atoms with Crippen LogP contribution in [0.2, 0.25) is 0 Å². The van der Waals surface area contributed by atoms with E-state index in [1.54, 1.807) is 31.2 Å². The van der Waals surface area contributed by atoms with Crippen LogP contribution in [0.4, 0.5) is 4.79 Å². The highest BCUT2D eigenvalue weighted by atomic mass is 79.9. The van der Waals surface area contributed by atoms with Gasteiger partial charge >= 0.3 is 5.97 Å². The van der Waals surface area contributed by atoms with E-state index in [4.69, 9.17) is 9.47 Å². The van der Waals surface area contributed by atoms with E-state index >= 15 is 0 Å². The van der Waals surface area contributed by atoms with Crippen molar-refractivity contribution in [3.8, 4) is 5.75 Å². The lowest BCUT2D eigenvalue weighted by Gasteiger charge is -2.12. The summed E-state index contributed by atoms with van der Waals surface area (Å²) in [5.41, 5.74) is 1.42. The van der Waals surface area contributed by atoms with Gasteiger partial charge in [0.25, 0.3) is 11.1 Å². The Morgan fingerprint density at radius 2 is 1.80 bits per heavy atom. The van der Waals surface area contributed by atoms with Crippen LogP contribution in [0.15, 0.2) is 56.3 Å². The lowest BCUT2D eigenvalue weighted by Crippen LogP contribution is -2.27. The van der Waals surface area contributed by atoms with Gasteiger partial charge in [-0.3, -0.25) is 14.5 Å². The maximum Gasteiger partial charge on any atom is 0.344 e. The minimum Gasteiger partial charge on any atom is -0.481 e. The fourth-order valence-corrected chi connectivity index (χ4v) is 4.13. The molecule has 0 saturated carbocycles. The number of nitrogens with zero attached hydrogens (tertiary/aromatic N) is 1. The largest absolute Gasteiger partial charge is 0.481 e. The summed E-state index contributed by atoms with van der Waals surface area (Å²) >= 11 is 7.63. The molecule has 0 aromatic heterocycles. The van der Waals surface area contributed by atoms with E-state index in [2.05, 4.69) is 31.9 Å². The molecule has 1 fully saturated rings. The van der Waals surface area contributed by atoms with Crippen LogP contribution in [0.1, 0.15) is 18.1 Å². The summed E-state index contributed by atoms with van der Waals surface area (Å²) in [5, 5.41) is -0.335. The third-order valence-electron chi connectivity index (χ3n) is 4.04. The summed E-state index contributed by atoms with van der Waals surface area (Å²) in [4.78, 5) is 38.3. The summed E-state index contributed by atoms with van der Waals surface area (Å²) in [6, 6.07) is 12.6. The van der Waals surface area contributed by atoms with E-state index < -0.39 is 5.97 Å². The number of halogens is 2. The van der Waals surface area contributed by atoms with Crippen LogP contribution in [0, 0.1) is 0 Å². The van der Waals surface area contributed by atoms with Gasteiger partial charge in [0.1, 0.15) is 5.75 Å². The molecule has 1 heterocycles. The first-order valence-corrected chi connectivity index (χ1v) is 11.4. The second-order valence-corrected chi connectivity index (χ2v) is 8.99. The average Bonchev–Trinajstić information content (AvgIpc) is 2.96. The molecule has 2 aromatic carbocycles. The third kappa shape index (κ3) is 5.74. The van der Waals surface area contributed by atoms with Crippen molar-refractivity contribution in [3.05, 3.63) is 67.4 Å². The zero-order chi connectivity index (χ0) is 21.7. The Labute approximate surface area is 194 Å². The molecule has 1 aliphatic heterocycles. The van der Waals surface area contributed by atoms with Gasteiger partial charge in [0.05, 0.1) is 18.1 Å². The monoisotopic (exact) mass is 553 g/mol. The Balaban J connectivity index is 1.80. The summed E-state index contributed by atoms with van der Waals surface area (Å²) in [7, 11) is 0. The molecule has 2 amide bonds. The van der Waals surface area contributed by atoms with Crippen LogP contribution in [0.5, 0.6) is 5.75 Å². The third-order valence-corrected chi connectivity index (χ3v) is 5.97. The fourth-order valence-electron chi connectivity index (χ4n) is 2.65. The Kier molecular flexibility index (Phi) is 7.74. The summed E-state index contributed by atoms with van der Waals surface area (Å²) < 4.78 is 12.1. The molecule has 0 radical (unpaired) electrons. The highest BCUT2D eigenvalue weighted by Gasteiger charge is 2.35. The SMILES string of the molecule is CCOC(=O)COc1ccc(Br)cc1/C=C1/SC(=O)N(Cc2ccc(Br)cc2)C1=O. The lowest BCUT2D eigenvalue weighted by atomic mass is 10.1. The Bertz CT molecular complexity index is 1010. The first-order chi connectivity index (χ1) is 14.4. The zero-order valence-electron chi connectivity index (χ0n) is 15.9. The number of carbonyl (C=O) groups is 3. The van der Waals surface area contributed by atoms with Gasteiger partial charge < -0.3 is 9.47 Å². The van der Waals surface area contributed by atoms with Crippen LogP contribution in [0.3, 0.4) is 0 Å². The van der Waals surface area contributed by atoms with Crippen LogP contribution >= 0.6 is 43.6 Å². The number of hydrogen-bond donors (Lipinski definition) is 0. The molecule has 0 spiro atoms. The van der Waals surface area contributed by atoms with Crippen molar-refractivity contribution in [1.29, 1.82) is 0 Å². The van der Waals surface area contributed by atoms with Gasteiger partial charge in [-0.15, -0.1) is 0 Å². The molecule has 2 aromatic rings.